The third kappa shape index (κ3) is 8.63. The Balaban J connectivity index is 0.00000385. The van der Waals surface area contributed by atoms with E-state index in [9.17, 15) is 14.0 Å². The second kappa shape index (κ2) is 14.2. The second-order valence-electron chi connectivity index (χ2n) is 8.12. The van der Waals surface area contributed by atoms with Gasteiger partial charge in [-0.1, -0.05) is 0 Å². The van der Waals surface area contributed by atoms with Gasteiger partial charge >= 0.3 is 0 Å². The summed E-state index contributed by atoms with van der Waals surface area (Å²) in [6.07, 6.45) is 2.87. The number of benzene rings is 1. The van der Waals surface area contributed by atoms with Crippen LogP contribution in [-0.4, -0.2) is 86.5 Å². The fourth-order valence-electron chi connectivity index (χ4n) is 4.05. The van der Waals surface area contributed by atoms with E-state index in [4.69, 9.17) is 0 Å². The molecule has 0 aliphatic carbocycles. The highest BCUT2D eigenvalue weighted by molar-refractivity contribution is 14.0. The minimum absolute atomic E-state index is 0. The number of aliphatic imine (C=N–C) groups is 1. The molecule has 0 aromatic heterocycles. The minimum Gasteiger partial charge on any atom is -0.368 e. The first-order valence-electron chi connectivity index (χ1n) is 11.6. The van der Waals surface area contributed by atoms with Crippen LogP contribution in [0.2, 0.25) is 0 Å². The number of likely N-dealkylation sites (tertiary alicyclic amines) is 1. The summed E-state index contributed by atoms with van der Waals surface area (Å²) in [6, 6.07) is 6.49. The normalized spacial score (nSPS) is 16.6. The molecule has 2 aliphatic heterocycles. The number of halogens is 2. The Morgan fingerprint density at radius 3 is 2.45 bits per heavy atom. The van der Waals surface area contributed by atoms with Gasteiger partial charge in [-0.3, -0.25) is 14.6 Å². The van der Waals surface area contributed by atoms with E-state index >= 15 is 0 Å². The average molecular weight is 574 g/mol. The van der Waals surface area contributed by atoms with Crippen LogP contribution in [0.5, 0.6) is 0 Å². The SMILES string of the molecule is CCNC(=NCCCN1CCCC1=O)NCCC(=O)N1CCN(c2ccc(F)cc2)CC1.I. The van der Waals surface area contributed by atoms with E-state index < -0.39 is 0 Å². The van der Waals surface area contributed by atoms with E-state index in [0.29, 0.717) is 45.0 Å². The lowest BCUT2D eigenvalue weighted by atomic mass is 10.2. The lowest BCUT2D eigenvalue weighted by Crippen LogP contribution is -2.49. The number of rotatable bonds is 9. The molecular formula is C23H36FIN6O2. The van der Waals surface area contributed by atoms with Crippen molar-refractivity contribution in [2.75, 3.05) is 63.8 Å². The monoisotopic (exact) mass is 574 g/mol. The topological polar surface area (TPSA) is 80.3 Å². The minimum atomic E-state index is -0.239. The molecule has 1 aromatic rings. The maximum absolute atomic E-state index is 13.1. The molecule has 2 fully saturated rings. The van der Waals surface area contributed by atoms with Gasteiger partial charge in [0.15, 0.2) is 5.96 Å². The predicted octanol–water partition coefficient (Wildman–Crippen LogP) is 2.05. The van der Waals surface area contributed by atoms with Crippen LogP contribution in [0.15, 0.2) is 29.3 Å². The second-order valence-corrected chi connectivity index (χ2v) is 8.12. The lowest BCUT2D eigenvalue weighted by molar-refractivity contribution is -0.131. The summed E-state index contributed by atoms with van der Waals surface area (Å²) in [7, 11) is 0. The molecule has 2 heterocycles. The van der Waals surface area contributed by atoms with Crippen LogP contribution in [-0.2, 0) is 9.59 Å². The van der Waals surface area contributed by atoms with Crippen molar-refractivity contribution in [3.63, 3.8) is 0 Å². The van der Waals surface area contributed by atoms with Crippen molar-refractivity contribution in [2.24, 2.45) is 4.99 Å². The van der Waals surface area contributed by atoms with E-state index in [1.807, 2.05) is 16.7 Å². The van der Waals surface area contributed by atoms with E-state index in [2.05, 4.69) is 20.5 Å². The lowest BCUT2D eigenvalue weighted by Gasteiger charge is -2.36. The van der Waals surface area contributed by atoms with Gasteiger partial charge in [-0.05, 0) is 44.0 Å². The number of carbonyl (C=O) groups excluding carboxylic acids is 2. The number of hydrogen-bond acceptors (Lipinski definition) is 4. The highest BCUT2D eigenvalue weighted by atomic mass is 127. The van der Waals surface area contributed by atoms with Crippen LogP contribution in [0.25, 0.3) is 0 Å². The van der Waals surface area contributed by atoms with Gasteiger partial charge in [0.25, 0.3) is 0 Å². The molecule has 0 radical (unpaired) electrons. The molecule has 0 saturated carbocycles. The average Bonchev–Trinajstić information content (AvgIpc) is 3.21. The highest BCUT2D eigenvalue weighted by Crippen LogP contribution is 2.17. The van der Waals surface area contributed by atoms with Crippen molar-refractivity contribution in [1.82, 2.24) is 20.4 Å². The molecule has 1 aromatic carbocycles. The van der Waals surface area contributed by atoms with Crippen LogP contribution in [0.4, 0.5) is 10.1 Å². The number of amides is 2. The zero-order valence-electron chi connectivity index (χ0n) is 19.4. The first-order chi connectivity index (χ1) is 15.6. The van der Waals surface area contributed by atoms with Crippen LogP contribution < -0.4 is 15.5 Å². The number of nitrogens with zero attached hydrogens (tertiary/aromatic N) is 4. The van der Waals surface area contributed by atoms with Gasteiger partial charge < -0.3 is 25.3 Å². The molecular weight excluding hydrogens is 538 g/mol. The van der Waals surface area contributed by atoms with E-state index in [-0.39, 0.29) is 41.6 Å². The van der Waals surface area contributed by atoms with Crippen molar-refractivity contribution in [2.45, 2.75) is 32.6 Å². The Labute approximate surface area is 213 Å². The molecule has 0 bridgehead atoms. The summed E-state index contributed by atoms with van der Waals surface area (Å²) in [4.78, 5) is 34.8. The molecule has 3 rings (SSSR count). The summed E-state index contributed by atoms with van der Waals surface area (Å²) in [5.41, 5.74) is 0.987. The van der Waals surface area contributed by atoms with Gasteiger partial charge in [0, 0.05) is 77.4 Å². The van der Waals surface area contributed by atoms with Gasteiger partial charge in [-0.2, -0.15) is 0 Å². The van der Waals surface area contributed by atoms with Crippen molar-refractivity contribution < 1.29 is 14.0 Å². The van der Waals surface area contributed by atoms with Gasteiger partial charge in [0.1, 0.15) is 5.82 Å². The first kappa shape index (κ1) is 27.1. The number of guanidine groups is 1. The number of hydrogen-bond donors (Lipinski definition) is 2. The van der Waals surface area contributed by atoms with Gasteiger partial charge in [0.2, 0.25) is 11.8 Å². The fraction of sp³-hybridized carbons (Fsp3) is 0.609. The third-order valence-electron chi connectivity index (χ3n) is 5.83. The summed E-state index contributed by atoms with van der Waals surface area (Å²) in [6.45, 7) is 8.35. The van der Waals surface area contributed by atoms with Crippen molar-refractivity contribution in [3.8, 4) is 0 Å². The molecule has 0 spiro atoms. The van der Waals surface area contributed by atoms with E-state index in [1.54, 1.807) is 12.1 Å². The summed E-state index contributed by atoms with van der Waals surface area (Å²) < 4.78 is 13.1. The maximum Gasteiger partial charge on any atom is 0.224 e. The van der Waals surface area contributed by atoms with E-state index in [1.165, 1.54) is 12.1 Å². The number of nitrogens with one attached hydrogen (secondary N) is 2. The van der Waals surface area contributed by atoms with Crippen molar-refractivity contribution >= 4 is 47.4 Å². The Hall–Kier alpha value is -2.11. The highest BCUT2D eigenvalue weighted by Gasteiger charge is 2.21. The standard InChI is InChI=1S/C23H35FN6O2.HI/c1-2-25-23(26-11-4-14-29-13-3-5-21(29)31)27-12-10-22(32)30-17-15-28(16-18-30)20-8-6-19(24)7-9-20;/h6-9H,2-5,10-18H2,1H3,(H2,25,26,27);1H. The number of piperazine rings is 1. The first-order valence-corrected chi connectivity index (χ1v) is 11.6. The molecule has 2 saturated heterocycles. The largest absolute Gasteiger partial charge is 0.368 e. The molecule has 2 aliphatic rings. The Bertz CT molecular complexity index is 784. The quantitative estimate of drug-likeness (QED) is 0.204. The maximum atomic E-state index is 13.1. The molecule has 8 nitrogen and oxygen atoms in total. The summed E-state index contributed by atoms with van der Waals surface area (Å²) >= 11 is 0. The molecule has 2 N–H and O–H groups in total. The van der Waals surface area contributed by atoms with Gasteiger partial charge in [-0.15, -0.1) is 24.0 Å². The molecule has 0 unspecified atom stereocenters. The van der Waals surface area contributed by atoms with Crippen LogP contribution in [0.1, 0.15) is 32.6 Å². The number of anilines is 1. The van der Waals surface area contributed by atoms with Crippen molar-refractivity contribution in [1.29, 1.82) is 0 Å². The van der Waals surface area contributed by atoms with Crippen LogP contribution >= 0.6 is 24.0 Å². The number of carbonyl (C=O) groups is 2. The Kier molecular flexibility index (Phi) is 11.7. The molecule has 0 atom stereocenters. The van der Waals surface area contributed by atoms with Crippen LogP contribution in [0.3, 0.4) is 0 Å². The third-order valence-corrected chi connectivity index (χ3v) is 5.83. The van der Waals surface area contributed by atoms with Crippen LogP contribution in [0, 0.1) is 5.82 Å². The summed E-state index contributed by atoms with van der Waals surface area (Å²) in [5, 5.41) is 6.43. The molecule has 2 amide bonds. The fourth-order valence-corrected chi connectivity index (χ4v) is 4.05. The molecule has 33 heavy (non-hydrogen) atoms. The zero-order chi connectivity index (χ0) is 22.8. The zero-order valence-corrected chi connectivity index (χ0v) is 21.7. The van der Waals surface area contributed by atoms with E-state index in [0.717, 1.165) is 51.3 Å². The Morgan fingerprint density at radius 1 is 1.09 bits per heavy atom. The molecule has 10 heteroatoms. The smallest absolute Gasteiger partial charge is 0.224 e. The van der Waals surface area contributed by atoms with Crippen molar-refractivity contribution in [3.05, 3.63) is 30.1 Å². The molecule has 184 valence electrons. The predicted molar refractivity (Wildman–Crippen MR) is 140 cm³/mol. The Morgan fingerprint density at radius 2 is 1.82 bits per heavy atom. The van der Waals surface area contributed by atoms with Gasteiger partial charge in [0.05, 0.1) is 0 Å². The summed E-state index contributed by atoms with van der Waals surface area (Å²) in [5.74, 6) is 0.835. The van der Waals surface area contributed by atoms with Gasteiger partial charge in [-0.25, -0.2) is 4.39 Å².